The highest BCUT2D eigenvalue weighted by atomic mass is 35.5. The summed E-state index contributed by atoms with van der Waals surface area (Å²) in [6.07, 6.45) is 3.12. The number of hydrogen-bond donors (Lipinski definition) is 1. The first kappa shape index (κ1) is 19.9. The van der Waals surface area contributed by atoms with E-state index in [1.54, 1.807) is 24.5 Å². The summed E-state index contributed by atoms with van der Waals surface area (Å²) in [5.41, 5.74) is 4.69. The van der Waals surface area contributed by atoms with Crippen LogP contribution in [0.3, 0.4) is 0 Å². The van der Waals surface area contributed by atoms with Gasteiger partial charge in [-0.05, 0) is 55.8 Å². The van der Waals surface area contributed by atoms with Crippen LogP contribution in [0.25, 0.3) is 10.9 Å². The van der Waals surface area contributed by atoms with Gasteiger partial charge in [0.05, 0.1) is 5.56 Å². The van der Waals surface area contributed by atoms with Crippen molar-refractivity contribution in [2.75, 3.05) is 5.32 Å². The Labute approximate surface area is 179 Å². The summed E-state index contributed by atoms with van der Waals surface area (Å²) in [5, 5.41) is 4.11. The summed E-state index contributed by atoms with van der Waals surface area (Å²) < 4.78 is 2.06. The fourth-order valence-electron chi connectivity index (χ4n) is 3.60. The number of nitrogens with one attached hydrogen (secondary N) is 1. The molecule has 0 spiro atoms. The van der Waals surface area contributed by atoms with Gasteiger partial charge in [-0.1, -0.05) is 35.4 Å². The van der Waals surface area contributed by atoms with Gasteiger partial charge in [0.2, 0.25) is 0 Å². The number of nitrogens with zero attached hydrogens (tertiary/aromatic N) is 2. The number of aromatic nitrogens is 2. The standard InChI is InChI=1S/C24H20ClN3O2/c1-15-3-8-21-20(13-15)22(23(29)24(30)27-19-9-11-26-12-10-19)16(2)28(21)14-17-4-6-18(25)7-5-17/h3-13H,14H2,1-2H3,(H,26,27,30). The lowest BCUT2D eigenvalue weighted by Gasteiger charge is -2.09. The summed E-state index contributed by atoms with van der Waals surface area (Å²) in [7, 11) is 0. The van der Waals surface area contributed by atoms with Gasteiger partial charge in [-0.2, -0.15) is 0 Å². The van der Waals surface area contributed by atoms with Crippen LogP contribution in [0.1, 0.15) is 27.2 Å². The molecule has 0 bridgehead atoms. The molecule has 150 valence electrons. The van der Waals surface area contributed by atoms with Gasteiger partial charge in [-0.15, -0.1) is 0 Å². The Hall–Kier alpha value is -3.44. The number of aryl methyl sites for hydroxylation is 1. The zero-order valence-corrected chi connectivity index (χ0v) is 17.4. The summed E-state index contributed by atoms with van der Waals surface area (Å²) in [4.78, 5) is 29.8. The fourth-order valence-corrected chi connectivity index (χ4v) is 3.72. The van der Waals surface area contributed by atoms with Crippen LogP contribution >= 0.6 is 11.6 Å². The van der Waals surface area contributed by atoms with E-state index < -0.39 is 11.7 Å². The molecule has 6 heteroatoms. The van der Waals surface area contributed by atoms with E-state index in [-0.39, 0.29) is 0 Å². The molecule has 2 heterocycles. The maximum Gasteiger partial charge on any atom is 0.296 e. The molecule has 0 aliphatic heterocycles. The van der Waals surface area contributed by atoms with Crippen molar-refractivity contribution in [3.8, 4) is 0 Å². The summed E-state index contributed by atoms with van der Waals surface area (Å²) in [5.74, 6) is -1.23. The van der Waals surface area contributed by atoms with E-state index in [9.17, 15) is 9.59 Å². The minimum Gasteiger partial charge on any atom is -0.340 e. The number of fused-ring (bicyclic) bond motifs is 1. The normalized spacial score (nSPS) is 10.9. The molecule has 4 rings (SSSR count). The topological polar surface area (TPSA) is 64.0 Å². The zero-order chi connectivity index (χ0) is 21.3. The lowest BCUT2D eigenvalue weighted by atomic mass is 10.0. The lowest BCUT2D eigenvalue weighted by molar-refractivity contribution is -0.112. The zero-order valence-electron chi connectivity index (χ0n) is 16.6. The van der Waals surface area contributed by atoms with Gasteiger partial charge in [0.1, 0.15) is 0 Å². The molecular formula is C24H20ClN3O2. The number of amides is 1. The Morgan fingerprint density at radius 1 is 1.00 bits per heavy atom. The molecule has 0 saturated heterocycles. The molecule has 30 heavy (non-hydrogen) atoms. The van der Waals surface area contributed by atoms with Crippen molar-refractivity contribution < 1.29 is 9.59 Å². The molecule has 5 nitrogen and oxygen atoms in total. The monoisotopic (exact) mass is 417 g/mol. The number of halogens is 1. The minimum absolute atomic E-state index is 0.425. The van der Waals surface area contributed by atoms with Crippen molar-refractivity contribution in [3.05, 3.63) is 94.4 Å². The first-order chi connectivity index (χ1) is 14.4. The number of carbonyl (C=O) groups excluding carboxylic acids is 2. The third-order valence-electron chi connectivity index (χ3n) is 5.10. The minimum atomic E-state index is -0.670. The Balaban J connectivity index is 1.76. The number of carbonyl (C=O) groups is 2. The van der Waals surface area contributed by atoms with E-state index in [0.29, 0.717) is 22.8 Å². The summed E-state index contributed by atoms with van der Waals surface area (Å²) >= 11 is 6.01. The van der Waals surface area contributed by atoms with Crippen molar-refractivity contribution in [2.24, 2.45) is 0 Å². The fraction of sp³-hybridized carbons (Fsp3) is 0.125. The van der Waals surface area contributed by atoms with E-state index in [0.717, 1.165) is 27.7 Å². The van der Waals surface area contributed by atoms with Crippen LogP contribution in [-0.4, -0.2) is 21.2 Å². The first-order valence-electron chi connectivity index (χ1n) is 9.53. The highest BCUT2D eigenvalue weighted by molar-refractivity contribution is 6.48. The number of benzene rings is 2. The largest absolute Gasteiger partial charge is 0.340 e. The maximum atomic E-state index is 13.1. The lowest BCUT2D eigenvalue weighted by Crippen LogP contribution is -2.23. The third kappa shape index (κ3) is 3.84. The second-order valence-electron chi connectivity index (χ2n) is 7.21. The number of Topliss-reactive ketones (excluding diaryl/α,β-unsaturated/α-hetero) is 1. The van der Waals surface area contributed by atoms with Gasteiger partial charge in [-0.3, -0.25) is 14.6 Å². The van der Waals surface area contributed by atoms with Gasteiger partial charge >= 0.3 is 0 Å². The van der Waals surface area contributed by atoms with Crippen molar-refractivity contribution in [1.82, 2.24) is 9.55 Å². The molecule has 0 radical (unpaired) electrons. The van der Waals surface area contributed by atoms with Crippen LogP contribution in [0.4, 0.5) is 5.69 Å². The van der Waals surface area contributed by atoms with Gasteiger partial charge < -0.3 is 9.88 Å². The quantitative estimate of drug-likeness (QED) is 0.359. The Morgan fingerprint density at radius 2 is 1.70 bits per heavy atom. The van der Waals surface area contributed by atoms with Crippen molar-refractivity contribution in [2.45, 2.75) is 20.4 Å². The number of ketones is 1. The molecule has 1 amide bonds. The first-order valence-corrected chi connectivity index (χ1v) is 9.91. The van der Waals surface area contributed by atoms with Gasteiger partial charge in [0.15, 0.2) is 0 Å². The predicted octanol–water partition coefficient (Wildman–Crippen LogP) is 5.18. The highest BCUT2D eigenvalue weighted by Gasteiger charge is 2.25. The molecule has 0 unspecified atom stereocenters. The van der Waals surface area contributed by atoms with Crippen LogP contribution in [0.5, 0.6) is 0 Å². The summed E-state index contributed by atoms with van der Waals surface area (Å²) in [6.45, 7) is 4.41. The van der Waals surface area contributed by atoms with Crippen LogP contribution in [0, 0.1) is 13.8 Å². The molecular weight excluding hydrogens is 398 g/mol. The number of hydrogen-bond acceptors (Lipinski definition) is 3. The SMILES string of the molecule is Cc1ccc2c(c1)c(C(=O)C(=O)Nc1ccncc1)c(C)n2Cc1ccc(Cl)cc1. The molecule has 0 aliphatic rings. The van der Waals surface area contributed by atoms with Gasteiger partial charge in [0, 0.05) is 46.2 Å². The number of rotatable bonds is 5. The number of pyridine rings is 1. The second-order valence-corrected chi connectivity index (χ2v) is 7.65. The molecule has 4 aromatic rings. The second kappa shape index (κ2) is 8.13. The van der Waals surface area contributed by atoms with Gasteiger partial charge in [-0.25, -0.2) is 0 Å². The Kier molecular flexibility index (Phi) is 5.38. The van der Waals surface area contributed by atoms with E-state index in [1.165, 1.54) is 0 Å². The smallest absolute Gasteiger partial charge is 0.296 e. The van der Waals surface area contributed by atoms with E-state index >= 15 is 0 Å². The third-order valence-corrected chi connectivity index (χ3v) is 5.36. The number of anilines is 1. The average molecular weight is 418 g/mol. The van der Waals surface area contributed by atoms with Crippen LogP contribution in [0.2, 0.25) is 5.02 Å². The predicted molar refractivity (Wildman–Crippen MR) is 119 cm³/mol. The van der Waals surface area contributed by atoms with E-state index in [1.807, 2.05) is 56.3 Å². The summed E-state index contributed by atoms with van der Waals surface area (Å²) in [6, 6.07) is 16.8. The molecule has 0 fully saturated rings. The van der Waals surface area contributed by atoms with E-state index in [2.05, 4.69) is 14.9 Å². The maximum absolute atomic E-state index is 13.1. The van der Waals surface area contributed by atoms with Gasteiger partial charge in [0.25, 0.3) is 11.7 Å². The van der Waals surface area contributed by atoms with Crippen LogP contribution in [0.15, 0.2) is 67.0 Å². The Morgan fingerprint density at radius 3 is 2.40 bits per heavy atom. The van der Waals surface area contributed by atoms with Crippen LogP contribution in [-0.2, 0) is 11.3 Å². The Bertz CT molecular complexity index is 1250. The van der Waals surface area contributed by atoms with E-state index in [4.69, 9.17) is 11.6 Å². The highest BCUT2D eigenvalue weighted by Crippen LogP contribution is 2.29. The molecule has 2 aromatic carbocycles. The van der Waals surface area contributed by atoms with Crippen molar-refractivity contribution in [1.29, 1.82) is 0 Å². The average Bonchev–Trinajstić information content (AvgIpc) is 3.00. The molecule has 0 atom stereocenters. The van der Waals surface area contributed by atoms with Crippen molar-refractivity contribution >= 4 is 39.9 Å². The molecule has 2 aromatic heterocycles. The molecule has 0 aliphatic carbocycles. The molecule has 1 N–H and O–H groups in total. The molecule has 0 saturated carbocycles. The van der Waals surface area contributed by atoms with Crippen LogP contribution < -0.4 is 5.32 Å². The van der Waals surface area contributed by atoms with Crippen molar-refractivity contribution in [3.63, 3.8) is 0 Å².